The number of urea groups is 1. The summed E-state index contributed by atoms with van der Waals surface area (Å²) in [6.45, 7) is 1.30. The van der Waals surface area contributed by atoms with Crippen LogP contribution in [0.4, 0.5) is 10.5 Å². The van der Waals surface area contributed by atoms with Crippen molar-refractivity contribution < 1.29 is 9.53 Å². The van der Waals surface area contributed by atoms with Crippen molar-refractivity contribution in [2.45, 2.75) is 12.8 Å². The summed E-state index contributed by atoms with van der Waals surface area (Å²) in [4.78, 5) is 15.3. The van der Waals surface area contributed by atoms with Crippen LogP contribution < -0.4 is 15.4 Å². The highest BCUT2D eigenvalue weighted by atomic mass is 16.5. The number of fused-ring (bicyclic) bond motifs is 2. The Morgan fingerprint density at radius 1 is 1.21 bits per heavy atom. The number of carbonyl (C=O) groups excluding carboxylic acids is 1. The van der Waals surface area contributed by atoms with Crippen LogP contribution in [0.1, 0.15) is 11.1 Å². The number of H-pyrrole nitrogens is 1. The van der Waals surface area contributed by atoms with Crippen molar-refractivity contribution in [3.63, 3.8) is 0 Å². The molecular weight excluding hydrogens is 302 g/mol. The Morgan fingerprint density at radius 3 is 3.08 bits per heavy atom. The Hall–Kier alpha value is -2.95. The molecule has 24 heavy (non-hydrogen) atoms. The van der Waals surface area contributed by atoms with Crippen molar-refractivity contribution in [2.75, 3.05) is 18.5 Å². The summed E-state index contributed by atoms with van der Waals surface area (Å²) in [5.41, 5.74) is 4.27. The summed E-state index contributed by atoms with van der Waals surface area (Å²) in [5.74, 6) is 0.917. The molecule has 0 spiro atoms. The quantitative estimate of drug-likeness (QED) is 0.689. The van der Waals surface area contributed by atoms with Gasteiger partial charge in [-0.1, -0.05) is 18.2 Å². The second-order valence-corrected chi connectivity index (χ2v) is 5.91. The Bertz CT molecular complexity index is 885. The predicted octanol–water partition coefficient (Wildman–Crippen LogP) is 3.47. The van der Waals surface area contributed by atoms with Gasteiger partial charge < -0.3 is 20.4 Å². The first-order chi connectivity index (χ1) is 11.8. The first-order valence-electron chi connectivity index (χ1n) is 8.15. The molecule has 0 bridgehead atoms. The first-order valence-corrected chi connectivity index (χ1v) is 8.15. The molecule has 5 heteroatoms. The number of nitrogens with one attached hydrogen (secondary N) is 3. The van der Waals surface area contributed by atoms with Crippen molar-refractivity contribution in [3.8, 4) is 5.75 Å². The molecular formula is C19H19N3O2. The van der Waals surface area contributed by atoms with Crippen LogP contribution in [0.2, 0.25) is 0 Å². The smallest absolute Gasteiger partial charge is 0.319 e. The molecule has 122 valence electrons. The zero-order valence-electron chi connectivity index (χ0n) is 13.3. The molecule has 2 amide bonds. The van der Waals surface area contributed by atoms with Crippen molar-refractivity contribution in [1.29, 1.82) is 0 Å². The zero-order chi connectivity index (χ0) is 16.4. The van der Waals surface area contributed by atoms with E-state index in [1.165, 1.54) is 10.9 Å². The van der Waals surface area contributed by atoms with Gasteiger partial charge in [-0.3, -0.25) is 0 Å². The monoisotopic (exact) mass is 321 g/mol. The number of hydrogen-bond acceptors (Lipinski definition) is 2. The van der Waals surface area contributed by atoms with E-state index >= 15 is 0 Å². The van der Waals surface area contributed by atoms with Gasteiger partial charge in [0.05, 0.1) is 6.61 Å². The van der Waals surface area contributed by atoms with Crippen LogP contribution in [0.5, 0.6) is 5.75 Å². The minimum absolute atomic E-state index is 0.186. The molecule has 0 saturated heterocycles. The lowest BCUT2D eigenvalue weighted by Gasteiger charge is -2.08. The summed E-state index contributed by atoms with van der Waals surface area (Å²) in [7, 11) is 0. The lowest BCUT2D eigenvalue weighted by molar-refractivity contribution is 0.252. The molecule has 1 aliphatic rings. The van der Waals surface area contributed by atoms with Gasteiger partial charge in [0.25, 0.3) is 0 Å². The van der Waals surface area contributed by atoms with Gasteiger partial charge in [-0.05, 0) is 41.8 Å². The first kappa shape index (κ1) is 14.6. The lowest BCUT2D eigenvalue weighted by Crippen LogP contribution is -2.30. The molecule has 0 radical (unpaired) electrons. The molecule has 0 atom stereocenters. The molecule has 3 N–H and O–H groups in total. The van der Waals surface area contributed by atoms with Crippen LogP contribution in [0, 0.1) is 0 Å². The molecule has 5 nitrogen and oxygen atoms in total. The molecule has 3 aromatic rings. The topological polar surface area (TPSA) is 66.2 Å². The summed E-state index contributed by atoms with van der Waals surface area (Å²) in [6, 6.07) is 13.7. The highest BCUT2D eigenvalue weighted by molar-refractivity contribution is 5.89. The van der Waals surface area contributed by atoms with Gasteiger partial charge in [0.1, 0.15) is 5.75 Å². The molecule has 0 saturated carbocycles. The van der Waals surface area contributed by atoms with Crippen molar-refractivity contribution in [3.05, 3.63) is 59.8 Å². The number of anilines is 1. The maximum Gasteiger partial charge on any atom is 0.319 e. The number of hydrogen-bond donors (Lipinski definition) is 3. The highest BCUT2D eigenvalue weighted by Crippen LogP contribution is 2.27. The fraction of sp³-hybridized carbons (Fsp3) is 0.211. The van der Waals surface area contributed by atoms with E-state index in [9.17, 15) is 4.79 Å². The number of benzene rings is 2. The number of aromatic amines is 1. The molecule has 0 aliphatic carbocycles. The van der Waals surface area contributed by atoms with E-state index in [4.69, 9.17) is 4.74 Å². The van der Waals surface area contributed by atoms with Crippen LogP contribution in [0.25, 0.3) is 10.9 Å². The Balaban J connectivity index is 1.32. The second kappa shape index (κ2) is 6.28. The van der Waals surface area contributed by atoms with Crippen LogP contribution in [0.3, 0.4) is 0 Å². The third kappa shape index (κ3) is 2.93. The molecule has 4 rings (SSSR count). The molecule has 0 fully saturated rings. The minimum Gasteiger partial charge on any atom is -0.493 e. The summed E-state index contributed by atoms with van der Waals surface area (Å²) in [6.07, 6.45) is 3.69. The summed E-state index contributed by atoms with van der Waals surface area (Å²) in [5, 5.41) is 6.99. The average molecular weight is 321 g/mol. The maximum absolute atomic E-state index is 12.0. The minimum atomic E-state index is -0.186. The van der Waals surface area contributed by atoms with E-state index < -0.39 is 0 Å². The van der Waals surface area contributed by atoms with Gasteiger partial charge in [-0.25, -0.2) is 4.79 Å². The van der Waals surface area contributed by atoms with Gasteiger partial charge in [-0.2, -0.15) is 0 Å². The number of aromatic nitrogens is 1. The second-order valence-electron chi connectivity index (χ2n) is 5.91. The Labute approximate surface area is 140 Å². The summed E-state index contributed by atoms with van der Waals surface area (Å²) < 4.78 is 5.47. The van der Waals surface area contributed by atoms with E-state index in [2.05, 4.69) is 27.8 Å². The van der Waals surface area contributed by atoms with Crippen LogP contribution in [-0.4, -0.2) is 24.2 Å². The van der Waals surface area contributed by atoms with E-state index in [-0.39, 0.29) is 6.03 Å². The molecule has 0 unspecified atom stereocenters. The van der Waals surface area contributed by atoms with Crippen molar-refractivity contribution in [2.24, 2.45) is 0 Å². The Morgan fingerprint density at radius 2 is 2.12 bits per heavy atom. The van der Waals surface area contributed by atoms with E-state index in [0.717, 1.165) is 42.0 Å². The molecule has 2 aromatic carbocycles. The Kier molecular flexibility index (Phi) is 3.83. The number of rotatable bonds is 4. The van der Waals surface area contributed by atoms with Gasteiger partial charge in [0, 0.05) is 35.8 Å². The SMILES string of the molecule is O=C(NCCc1c[nH]c2ccccc12)Nc1ccc2c(c1)CCO2. The third-order valence-electron chi connectivity index (χ3n) is 4.30. The van der Waals surface area contributed by atoms with E-state index in [1.54, 1.807) is 0 Å². The van der Waals surface area contributed by atoms with E-state index in [1.807, 2.05) is 36.5 Å². The average Bonchev–Trinajstić information content (AvgIpc) is 3.21. The van der Waals surface area contributed by atoms with Crippen LogP contribution in [-0.2, 0) is 12.8 Å². The normalized spacial score (nSPS) is 12.7. The predicted molar refractivity (Wildman–Crippen MR) is 94.7 cm³/mol. The van der Waals surface area contributed by atoms with Gasteiger partial charge >= 0.3 is 6.03 Å². The van der Waals surface area contributed by atoms with E-state index in [0.29, 0.717) is 6.54 Å². The van der Waals surface area contributed by atoms with Crippen molar-refractivity contribution in [1.82, 2.24) is 10.3 Å². The molecule has 2 heterocycles. The summed E-state index contributed by atoms with van der Waals surface area (Å²) >= 11 is 0. The lowest BCUT2D eigenvalue weighted by atomic mass is 10.1. The number of para-hydroxylation sites is 1. The number of amides is 2. The number of carbonyl (C=O) groups is 1. The third-order valence-corrected chi connectivity index (χ3v) is 4.30. The van der Waals surface area contributed by atoms with Gasteiger partial charge in [-0.15, -0.1) is 0 Å². The number of ether oxygens (including phenoxy) is 1. The molecule has 1 aliphatic heterocycles. The largest absolute Gasteiger partial charge is 0.493 e. The van der Waals surface area contributed by atoms with Crippen molar-refractivity contribution >= 4 is 22.6 Å². The zero-order valence-corrected chi connectivity index (χ0v) is 13.3. The van der Waals surface area contributed by atoms with Crippen LogP contribution in [0.15, 0.2) is 48.7 Å². The van der Waals surface area contributed by atoms with Crippen LogP contribution >= 0.6 is 0 Å². The fourth-order valence-corrected chi connectivity index (χ4v) is 3.09. The van der Waals surface area contributed by atoms with Gasteiger partial charge in [0.2, 0.25) is 0 Å². The maximum atomic E-state index is 12.0. The standard InChI is InChI=1S/C19H19N3O2/c23-19(22-15-5-6-18-13(11-15)8-10-24-18)20-9-7-14-12-21-17-4-2-1-3-16(14)17/h1-6,11-12,21H,7-10H2,(H2,20,22,23). The fourth-order valence-electron chi connectivity index (χ4n) is 3.09. The molecule has 1 aromatic heterocycles. The highest BCUT2D eigenvalue weighted by Gasteiger charge is 2.12. The van der Waals surface area contributed by atoms with Gasteiger partial charge in [0.15, 0.2) is 0 Å².